The van der Waals surface area contributed by atoms with Crippen LogP contribution in [0.25, 0.3) is 11.2 Å². The van der Waals surface area contributed by atoms with Crippen molar-refractivity contribution in [3.8, 4) is 0 Å². The molecule has 0 aliphatic rings. The van der Waals surface area contributed by atoms with Crippen LogP contribution in [-0.4, -0.2) is 28.5 Å². The highest BCUT2D eigenvalue weighted by Crippen LogP contribution is 2.12. The molecule has 2 heterocycles. The minimum Gasteiger partial charge on any atom is -0.373 e. The number of aromatic amines is 1. The number of hydrogen-bond acceptors (Lipinski definition) is 4. The Kier molecular flexibility index (Phi) is 2.82. The number of rotatable bonds is 4. The summed E-state index contributed by atoms with van der Waals surface area (Å²) < 4.78 is 0. The maximum absolute atomic E-state index is 4.39. The van der Waals surface area contributed by atoms with Gasteiger partial charge in [0.2, 0.25) is 0 Å². The summed E-state index contributed by atoms with van der Waals surface area (Å²) in [5.74, 6) is 1.76. The molecule has 0 saturated carbocycles. The summed E-state index contributed by atoms with van der Waals surface area (Å²) in [4.78, 5) is 11.9. The molecule has 0 radical (unpaired) electrons. The van der Waals surface area contributed by atoms with E-state index in [1.165, 1.54) is 0 Å². The first-order valence-electron chi connectivity index (χ1n) is 5.07. The molecule has 0 bridgehead atoms. The van der Waals surface area contributed by atoms with Crippen molar-refractivity contribution in [2.75, 3.05) is 18.9 Å². The zero-order valence-corrected chi connectivity index (χ0v) is 8.96. The van der Waals surface area contributed by atoms with Crippen molar-refractivity contribution < 1.29 is 0 Å². The van der Waals surface area contributed by atoms with Gasteiger partial charge in [0.25, 0.3) is 0 Å². The lowest BCUT2D eigenvalue weighted by molar-refractivity contribution is 0.700. The topological polar surface area (TPSA) is 65.6 Å². The summed E-state index contributed by atoms with van der Waals surface area (Å²) >= 11 is 0. The SMILES string of the molecule is CCNCc1nc2nc(NC)ccc2[nH]1. The molecule has 5 nitrogen and oxygen atoms in total. The van der Waals surface area contributed by atoms with E-state index in [0.29, 0.717) is 0 Å². The maximum Gasteiger partial charge on any atom is 0.179 e. The van der Waals surface area contributed by atoms with E-state index < -0.39 is 0 Å². The zero-order chi connectivity index (χ0) is 10.7. The summed E-state index contributed by atoms with van der Waals surface area (Å²) in [6, 6.07) is 3.91. The summed E-state index contributed by atoms with van der Waals surface area (Å²) in [6.07, 6.45) is 0. The van der Waals surface area contributed by atoms with Crippen molar-refractivity contribution in [3.05, 3.63) is 18.0 Å². The molecule has 0 amide bonds. The van der Waals surface area contributed by atoms with Gasteiger partial charge in [-0.05, 0) is 18.7 Å². The van der Waals surface area contributed by atoms with Gasteiger partial charge in [0.15, 0.2) is 5.65 Å². The number of hydrogen-bond donors (Lipinski definition) is 3. The van der Waals surface area contributed by atoms with Gasteiger partial charge in [0.05, 0.1) is 12.1 Å². The van der Waals surface area contributed by atoms with Gasteiger partial charge in [-0.15, -0.1) is 0 Å². The number of imidazole rings is 1. The minimum absolute atomic E-state index is 0.752. The smallest absolute Gasteiger partial charge is 0.179 e. The quantitative estimate of drug-likeness (QED) is 0.699. The molecule has 0 aliphatic heterocycles. The Morgan fingerprint density at radius 1 is 1.33 bits per heavy atom. The van der Waals surface area contributed by atoms with Crippen LogP contribution < -0.4 is 10.6 Å². The highest BCUT2D eigenvalue weighted by atomic mass is 15.1. The second-order valence-electron chi connectivity index (χ2n) is 3.28. The third-order valence-electron chi connectivity index (χ3n) is 2.19. The molecule has 0 spiro atoms. The summed E-state index contributed by atoms with van der Waals surface area (Å²) in [5.41, 5.74) is 1.73. The van der Waals surface area contributed by atoms with Crippen LogP contribution in [0, 0.1) is 0 Å². The second kappa shape index (κ2) is 4.27. The van der Waals surface area contributed by atoms with E-state index in [2.05, 4.69) is 32.5 Å². The number of nitrogens with one attached hydrogen (secondary N) is 3. The van der Waals surface area contributed by atoms with Crippen LogP contribution in [0.4, 0.5) is 5.82 Å². The molecule has 2 aromatic heterocycles. The minimum atomic E-state index is 0.752. The van der Waals surface area contributed by atoms with E-state index in [9.17, 15) is 0 Å². The van der Waals surface area contributed by atoms with Crippen molar-refractivity contribution in [2.24, 2.45) is 0 Å². The summed E-state index contributed by atoms with van der Waals surface area (Å²) in [5, 5.41) is 6.21. The predicted molar refractivity (Wildman–Crippen MR) is 60.8 cm³/mol. The Morgan fingerprint density at radius 2 is 2.20 bits per heavy atom. The van der Waals surface area contributed by atoms with Crippen molar-refractivity contribution in [1.29, 1.82) is 0 Å². The van der Waals surface area contributed by atoms with Crippen LogP contribution in [0.1, 0.15) is 12.7 Å². The van der Waals surface area contributed by atoms with Crippen LogP contribution in [-0.2, 0) is 6.54 Å². The monoisotopic (exact) mass is 205 g/mol. The molecule has 0 aromatic carbocycles. The van der Waals surface area contributed by atoms with Crippen LogP contribution in [0.2, 0.25) is 0 Å². The number of pyridine rings is 1. The Balaban J connectivity index is 2.29. The molecule has 15 heavy (non-hydrogen) atoms. The largest absolute Gasteiger partial charge is 0.373 e. The summed E-state index contributed by atoms with van der Waals surface area (Å²) in [6.45, 7) is 3.76. The van der Waals surface area contributed by atoms with E-state index in [1.54, 1.807) is 0 Å². The van der Waals surface area contributed by atoms with Gasteiger partial charge >= 0.3 is 0 Å². The molecule has 0 fully saturated rings. The molecule has 2 rings (SSSR count). The number of anilines is 1. The van der Waals surface area contributed by atoms with E-state index in [-0.39, 0.29) is 0 Å². The first kappa shape index (κ1) is 9.92. The first-order valence-corrected chi connectivity index (χ1v) is 5.07. The van der Waals surface area contributed by atoms with Crippen LogP contribution in [0.15, 0.2) is 12.1 Å². The van der Waals surface area contributed by atoms with Gasteiger partial charge < -0.3 is 15.6 Å². The summed E-state index contributed by atoms with van der Waals surface area (Å²) in [7, 11) is 1.85. The number of fused-ring (bicyclic) bond motifs is 1. The van der Waals surface area contributed by atoms with Gasteiger partial charge in [-0.3, -0.25) is 0 Å². The molecular weight excluding hydrogens is 190 g/mol. The fraction of sp³-hybridized carbons (Fsp3) is 0.400. The Morgan fingerprint density at radius 3 is 2.93 bits per heavy atom. The number of H-pyrrole nitrogens is 1. The van der Waals surface area contributed by atoms with E-state index >= 15 is 0 Å². The van der Waals surface area contributed by atoms with Crippen molar-refractivity contribution in [2.45, 2.75) is 13.5 Å². The van der Waals surface area contributed by atoms with E-state index in [1.807, 2.05) is 19.2 Å². The number of aromatic nitrogens is 3. The Bertz CT molecular complexity index is 448. The third-order valence-corrected chi connectivity index (χ3v) is 2.19. The van der Waals surface area contributed by atoms with Crippen LogP contribution in [0.3, 0.4) is 0 Å². The molecule has 5 heteroatoms. The van der Waals surface area contributed by atoms with E-state index in [4.69, 9.17) is 0 Å². The Labute approximate surface area is 88.3 Å². The van der Waals surface area contributed by atoms with Crippen molar-refractivity contribution >= 4 is 17.0 Å². The molecule has 2 aromatic rings. The third kappa shape index (κ3) is 2.07. The molecule has 0 atom stereocenters. The van der Waals surface area contributed by atoms with Crippen molar-refractivity contribution in [3.63, 3.8) is 0 Å². The lowest BCUT2D eigenvalue weighted by Gasteiger charge is -1.95. The first-order chi connectivity index (χ1) is 7.33. The van der Waals surface area contributed by atoms with Crippen molar-refractivity contribution in [1.82, 2.24) is 20.3 Å². The average molecular weight is 205 g/mol. The van der Waals surface area contributed by atoms with Gasteiger partial charge in [-0.2, -0.15) is 0 Å². The lowest BCUT2D eigenvalue weighted by Crippen LogP contribution is -2.12. The predicted octanol–water partition coefficient (Wildman–Crippen LogP) is 1.11. The fourth-order valence-electron chi connectivity index (χ4n) is 1.41. The Hall–Kier alpha value is -1.62. The highest BCUT2D eigenvalue weighted by molar-refractivity contribution is 5.72. The fourth-order valence-corrected chi connectivity index (χ4v) is 1.41. The van der Waals surface area contributed by atoms with E-state index in [0.717, 1.165) is 35.9 Å². The second-order valence-corrected chi connectivity index (χ2v) is 3.28. The van der Waals surface area contributed by atoms with Gasteiger partial charge in [0.1, 0.15) is 11.6 Å². The molecule has 0 aliphatic carbocycles. The van der Waals surface area contributed by atoms with Gasteiger partial charge in [0, 0.05) is 7.05 Å². The lowest BCUT2D eigenvalue weighted by atomic mass is 10.4. The van der Waals surface area contributed by atoms with Gasteiger partial charge in [-0.1, -0.05) is 6.92 Å². The molecule has 0 unspecified atom stereocenters. The molecule has 0 saturated heterocycles. The molecule has 3 N–H and O–H groups in total. The maximum atomic E-state index is 4.39. The highest BCUT2D eigenvalue weighted by Gasteiger charge is 2.03. The molecule has 80 valence electrons. The average Bonchev–Trinajstić information content (AvgIpc) is 2.67. The van der Waals surface area contributed by atoms with Crippen LogP contribution >= 0.6 is 0 Å². The number of nitrogens with zero attached hydrogens (tertiary/aromatic N) is 2. The zero-order valence-electron chi connectivity index (χ0n) is 8.96. The van der Waals surface area contributed by atoms with Crippen LogP contribution in [0.5, 0.6) is 0 Å². The molecular formula is C10H15N5. The normalized spacial score (nSPS) is 10.8. The standard InChI is InChI=1S/C10H15N5/c1-3-12-6-9-13-7-4-5-8(11-2)14-10(7)15-9/h4-5,12H,3,6H2,1-2H3,(H2,11,13,14,15). The van der Waals surface area contributed by atoms with Gasteiger partial charge in [-0.25, -0.2) is 9.97 Å².